The summed E-state index contributed by atoms with van der Waals surface area (Å²) in [6.45, 7) is 0. The largest absolute Gasteiger partial charge is 0.340 e. The molecule has 1 atom stereocenters. The molecule has 0 aliphatic heterocycles. The third-order valence-electron chi connectivity index (χ3n) is 6.20. The van der Waals surface area contributed by atoms with Gasteiger partial charge in [0, 0.05) is 18.0 Å². The molecule has 0 spiro atoms. The molecular formula is C22H26N4O2. The van der Waals surface area contributed by atoms with Crippen LogP contribution in [0.1, 0.15) is 55.4 Å². The van der Waals surface area contributed by atoms with Crippen LogP contribution in [0.3, 0.4) is 0 Å². The van der Waals surface area contributed by atoms with E-state index in [1.807, 2.05) is 41.9 Å². The first-order chi connectivity index (χ1) is 13.5. The van der Waals surface area contributed by atoms with Crippen LogP contribution in [0.4, 0.5) is 0 Å². The summed E-state index contributed by atoms with van der Waals surface area (Å²) in [6.07, 6.45) is 6.02. The fourth-order valence-corrected chi connectivity index (χ4v) is 4.32. The maximum atomic E-state index is 13.2. The molecule has 2 amide bonds. The molecule has 2 aromatic rings. The van der Waals surface area contributed by atoms with Crippen LogP contribution in [0.25, 0.3) is 10.9 Å². The molecule has 1 aromatic heterocycles. The number of hydrogen-bond acceptors (Lipinski definition) is 3. The summed E-state index contributed by atoms with van der Waals surface area (Å²) in [7, 11) is 1.86. The van der Waals surface area contributed by atoms with Crippen molar-refractivity contribution >= 4 is 22.7 Å². The van der Waals surface area contributed by atoms with Crippen LogP contribution in [0, 0.1) is 17.2 Å². The van der Waals surface area contributed by atoms with E-state index in [1.54, 1.807) is 0 Å². The van der Waals surface area contributed by atoms with Crippen molar-refractivity contribution in [2.24, 2.45) is 13.0 Å². The van der Waals surface area contributed by atoms with Crippen LogP contribution in [0.15, 0.2) is 30.3 Å². The molecule has 146 valence electrons. The number of carbonyl (C=O) groups excluding carboxylic acids is 2. The molecule has 6 nitrogen and oxygen atoms in total. The van der Waals surface area contributed by atoms with E-state index < -0.39 is 11.6 Å². The van der Waals surface area contributed by atoms with Gasteiger partial charge in [-0.2, -0.15) is 5.26 Å². The highest BCUT2D eigenvalue weighted by molar-refractivity contribution is 6.02. The zero-order chi connectivity index (χ0) is 19.7. The highest BCUT2D eigenvalue weighted by Crippen LogP contribution is 2.34. The summed E-state index contributed by atoms with van der Waals surface area (Å²) in [6, 6.07) is 11.5. The predicted molar refractivity (Wildman–Crippen MR) is 106 cm³/mol. The Hall–Kier alpha value is -2.81. The second kappa shape index (κ2) is 7.31. The lowest BCUT2D eigenvalue weighted by Gasteiger charge is -2.37. The zero-order valence-electron chi connectivity index (χ0n) is 16.2. The number of aryl methyl sites for hydroxylation is 1. The van der Waals surface area contributed by atoms with Crippen molar-refractivity contribution in [3.63, 3.8) is 0 Å². The van der Waals surface area contributed by atoms with Crippen LogP contribution in [0.2, 0.25) is 0 Å². The molecule has 0 bridgehead atoms. The molecule has 4 rings (SSSR count). The molecule has 2 saturated carbocycles. The minimum atomic E-state index is -0.935. The van der Waals surface area contributed by atoms with E-state index in [4.69, 9.17) is 0 Å². The third kappa shape index (κ3) is 3.37. The first-order valence-electron chi connectivity index (χ1n) is 10.1. The number of rotatable bonds is 5. The number of para-hydroxylation sites is 1. The summed E-state index contributed by atoms with van der Waals surface area (Å²) >= 11 is 0. The molecule has 0 saturated heterocycles. The van der Waals surface area contributed by atoms with E-state index >= 15 is 0 Å². The van der Waals surface area contributed by atoms with Crippen molar-refractivity contribution in [2.45, 2.75) is 56.5 Å². The van der Waals surface area contributed by atoms with Crippen molar-refractivity contribution in [3.05, 3.63) is 36.0 Å². The number of hydrogen-bond donors (Lipinski definition) is 2. The van der Waals surface area contributed by atoms with Crippen LogP contribution < -0.4 is 10.6 Å². The summed E-state index contributed by atoms with van der Waals surface area (Å²) in [5.41, 5.74) is 0.585. The van der Waals surface area contributed by atoms with Crippen molar-refractivity contribution in [3.8, 4) is 6.07 Å². The number of amides is 2. The second-order valence-corrected chi connectivity index (χ2v) is 8.16. The molecule has 28 heavy (non-hydrogen) atoms. The number of fused-ring (bicyclic) bond motifs is 1. The molecule has 0 unspecified atom stereocenters. The minimum Gasteiger partial charge on any atom is -0.340 e. The van der Waals surface area contributed by atoms with E-state index in [0.717, 1.165) is 43.0 Å². The Kier molecular flexibility index (Phi) is 4.84. The summed E-state index contributed by atoms with van der Waals surface area (Å²) in [5, 5.41) is 16.4. The topological polar surface area (TPSA) is 86.9 Å². The fraction of sp³-hybridized carbons (Fsp3) is 0.500. The summed E-state index contributed by atoms with van der Waals surface area (Å²) in [5.74, 6) is -0.197. The van der Waals surface area contributed by atoms with E-state index in [-0.39, 0.29) is 17.7 Å². The average Bonchev–Trinajstić information content (AvgIpc) is 3.50. The molecular weight excluding hydrogens is 352 g/mol. The maximum Gasteiger partial charge on any atom is 0.268 e. The van der Waals surface area contributed by atoms with Crippen molar-refractivity contribution < 1.29 is 9.59 Å². The van der Waals surface area contributed by atoms with E-state index in [9.17, 15) is 14.9 Å². The lowest BCUT2D eigenvalue weighted by Crippen LogP contribution is -2.61. The highest BCUT2D eigenvalue weighted by Gasteiger charge is 2.43. The van der Waals surface area contributed by atoms with Crippen LogP contribution in [-0.4, -0.2) is 28.0 Å². The molecule has 2 aliphatic carbocycles. The van der Waals surface area contributed by atoms with E-state index in [2.05, 4.69) is 16.7 Å². The summed E-state index contributed by atoms with van der Waals surface area (Å²) < 4.78 is 1.86. The smallest absolute Gasteiger partial charge is 0.268 e. The lowest BCUT2D eigenvalue weighted by molar-refractivity contribution is -0.129. The number of benzene rings is 1. The van der Waals surface area contributed by atoms with Gasteiger partial charge in [0.15, 0.2) is 0 Å². The number of aromatic nitrogens is 1. The molecule has 6 heteroatoms. The molecule has 0 radical (unpaired) electrons. The van der Waals surface area contributed by atoms with Gasteiger partial charge in [-0.1, -0.05) is 37.5 Å². The van der Waals surface area contributed by atoms with Gasteiger partial charge in [-0.25, -0.2) is 0 Å². The number of nitrogens with zero attached hydrogens (tertiary/aromatic N) is 2. The first kappa shape index (κ1) is 18.5. The van der Waals surface area contributed by atoms with Crippen molar-refractivity contribution in [2.75, 3.05) is 0 Å². The number of carbonyl (C=O) groups is 2. The van der Waals surface area contributed by atoms with Crippen molar-refractivity contribution in [1.29, 1.82) is 5.26 Å². The average molecular weight is 378 g/mol. The Morgan fingerprint density at radius 2 is 1.93 bits per heavy atom. The van der Waals surface area contributed by atoms with E-state index in [0.29, 0.717) is 18.5 Å². The quantitative estimate of drug-likeness (QED) is 0.838. The molecule has 2 fully saturated rings. The van der Waals surface area contributed by atoms with Crippen molar-refractivity contribution in [1.82, 2.24) is 15.2 Å². The normalized spacial score (nSPS) is 19.6. The van der Waals surface area contributed by atoms with Gasteiger partial charge in [0.05, 0.1) is 6.07 Å². The standard InChI is InChI=1S/C22H26N4O2/c1-26-18-8-4-3-7-16(18)13-19(26)20(27)25-22(11-5-2-6-12-22)21(28)24-17(14-23)15-9-10-15/h3-4,7-8,13,15,17H,2,5-6,9-12H2,1H3,(H,24,28)(H,25,27)/t17-/m1/s1. The summed E-state index contributed by atoms with van der Waals surface area (Å²) in [4.78, 5) is 26.3. The Labute approximate surface area is 164 Å². The lowest BCUT2D eigenvalue weighted by atomic mass is 9.80. The Balaban J connectivity index is 1.58. The van der Waals surface area contributed by atoms with Gasteiger partial charge in [0.1, 0.15) is 17.3 Å². The van der Waals surface area contributed by atoms with Crippen LogP contribution in [-0.2, 0) is 11.8 Å². The molecule has 1 aromatic carbocycles. The minimum absolute atomic E-state index is 0.210. The molecule has 1 heterocycles. The molecule has 2 N–H and O–H groups in total. The van der Waals surface area contributed by atoms with Crippen LogP contribution >= 0.6 is 0 Å². The van der Waals surface area contributed by atoms with Gasteiger partial charge in [0.25, 0.3) is 5.91 Å². The monoisotopic (exact) mass is 378 g/mol. The zero-order valence-corrected chi connectivity index (χ0v) is 16.2. The maximum absolute atomic E-state index is 13.2. The van der Waals surface area contributed by atoms with Gasteiger partial charge >= 0.3 is 0 Å². The van der Waals surface area contributed by atoms with Gasteiger partial charge in [-0.15, -0.1) is 0 Å². The Morgan fingerprint density at radius 1 is 1.21 bits per heavy atom. The first-order valence-corrected chi connectivity index (χ1v) is 10.1. The molecule has 2 aliphatic rings. The second-order valence-electron chi connectivity index (χ2n) is 8.16. The Bertz CT molecular complexity index is 945. The predicted octanol–water partition coefficient (Wildman–Crippen LogP) is 3.03. The van der Waals surface area contributed by atoms with Gasteiger partial charge < -0.3 is 15.2 Å². The van der Waals surface area contributed by atoms with Crippen LogP contribution in [0.5, 0.6) is 0 Å². The van der Waals surface area contributed by atoms with Gasteiger partial charge in [-0.3, -0.25) is 9.59 Å². The third-order valence-corrected chi connectivity index (χ3v) is 6.20. The SMILES string of the molecule is Cn1c(C(=O)NC2(C(=O)N[C@H](C#N)C3CC3)CCCCC2)cc2ccccc21. The highest BCUT2D eigenvalue weighted by atomic mass is 16.2. The van der Waals surface area contributed by atoms with Gasteiger partial charge in [-0.05, 0) is 43.7 Å². The van der Waals surface area contributed by atoms with Gasteiger partial charge in [0.2, 0.25) is 5.91 Å². The van der Waals surface area contributed by atoms with E-state index in [1.165, 1.54) is 0 Å². The number of nitrogens with one attached hydrogen (secondary N) is 2. The number of nitriles is 1. The fourth-order valence-electron chi connectivity index (χ4n) is 4.32. The Morgan fingerprint density at radius 3 is 2.57 bits per heavy atom.